The predicted octanol–water partition coefficient (Wildman–Crippen LogP) is 4.55. The van der Waals surface area contributed by atoms with Crippen LogP contribution in [0.2, 0.25) is 0 Å². The number of hydrogen-bond acceptors (Lipinski definition) is 7. The second kappa shape index (κ2) is 12.4. The van der Waals surface area contributed by atoms with E-state index in [9.17, 15) is 9.59 Å². The molecule has 3 atom stereocenters. The van der Waals surface area contributed by atoms with Gasteiger partial charge in [-0.3, -0.25) is 9.59 Å². The Hall–Kier alpha value is -4.14. The second-order valence-corrected chi connectivity index (χ2v) is 10.4. The third-order valence-electron chi connectivity index (χ3n) is 7.71. The summed E-state index contributed by atoms with van der Waals surface area (Å²) in [6, 6.07) is 13.6. The molecule has 0 fully saturated rings. The number of hydrazone groups is 2. The molecule has 2 aliphatic heterocycles. The molecule has 1 N–H and O–H groups in total. The summed E-state index contributed by atoms with van der Waals surface area (Å²) >= 11 is 0. The lowest BCUT2D eigenvalue weighted by molar-refractivity contribution is -0.138. The van der Waals surface area contributed by atoms with Gasteiger partial charge in [-0.1, -0.05) is 19.1 Å². The number of nitrogens with one attached hydrogen (secondary N) is 1. The topological polar surface area (TPSA) is 102 Å². The molecule has 0 bridgehead atoms. The Labute approximate surface area is 234 Å². The van der Waals surface area contributed by atoms with Crippen molar-refractivity contribution in [2.45, 2.75) is 39.0 Å². The van der Waals surface area contributed by atoms with Crippen LogP contribution in [0.15, 0.2) is 64.8 Å². The average molecular weight is 545 g/mol. The van der Waals surface area contributed by atoms with Gasteiger partial charge in [0.1, 0.15) is 5.75 Å². The maximum Gasteiger partial charge on any atom is 0.246 e. The Bertz CT molecular complexity index is 1330. The third-order valence-corrected chi connectivity index (χ3v) is 7.71. The van der Waals surface area contributed by atoms with Gasteiger partial charge in [0, 0.05) is 30.4 Å². The van der Waals surface area contributed by atoms with Crippen molar-refractivity contribution in [2.24, 2.45) is 28.0 Å². The van der Waals surface area contributed by atoms with E-state index < -0.39 is 0 Å². The monoisotopic (exact) mass is 544 g/mol. The van der Waals surface area contributed by atoms with Crippen molar-refractivity contribution in [2.75, 3.05) is 27.4 Å². The van der Waals surface area contributed by atoms with E-state index in [0.717, 1.165) is 54.0 Å². The molecule has 2 aromatic rings. The van der Waals surface area contributed by atoms with Gasteiger partial charge in [-0.2, -0.15) is 10.2 Å². The van der Waals surface area contributed by atoms with Crippen molar-refractivity contribution >= 4 is 23.2 Å². The van der Waals surface area contributed by atoms with Gasteiger partial charge in [-0.15, -0.1) is 0 Å². The average Bonchev–Trinajstić information content (AvgIpc) is 2.98. The van der Waals surface area contributed by atoms with E-state index in [1.54, 1.807) is 19.2 Å². The van der Waals surface area contributed by atoms with Gasteiger partial charge in [-0.05, 0) is 73.7 Å². The molecular weight excluding hydrogens is 508 g/mol. The maximum atomic E-state index is 13.3. The molecule has 9 heteroatoms. The number of fused-ring (bicyclic) bond motifs is 1. The zero-order valence-electron chi connectivity index (χ0n) is 23.3. The third kappa shape index (κ3) is 5.88. The highest BCUT2D eigenvalue weighted by Crippen LogP contribution is 2.37. The minimum atomic E-state index is -0.106. The summed E-state index contributed by atoms with van der Waals surface area (Å²) in [5, 5.41) is 10.7. The number of nitrogens with zero attached hydrogens (tertiary/aromatic N) is 3. The molecule has 40 heavy (non-hydrogen) atoms. The van der Waals surface area contributed by atoms with Crippen molar-refractivity contribution in [3.05, 3.63) is 65.7 Å². The maximum absolute atomic E-state index is 13.3. The smallest absolute Gasteiger partial charge is 0.246 e. The first-order chi connectivity index (χ1) is 19.5. The fourth-order valence-electron chi connectivity index (χ4n) is 5.54. The Morgan fingerprint density at radius 1 is 0.900 bits per heavy atom. The first-order valence-electron chi connectivity index (χ1n) is 13.9. The Kier molecular flexibility index (Phi) is 8.48. The predicted molar refractivity (Wildman–Crippen MR) is 153 cm³/mol. The van der Waals surface area contributed by atoms with Crippen LogP contribution in [0.25, 0.3) is 0 Å². The van der Waals surface area contributed by atoms with Crippen LogP contribution in [0.5, 0.6) is 17.2 Å². The molecule has 0 saturated heterocycles. The van der Waals surface area contributed by atoms with E-state index >= 15 is 0 Å². The number of carbonyl (C=O) groups is 2. The Morgan fingerprint density at radius 2 is 1.62 bits per heavy atom. The lowest BCUT2D eigenvalue weighted by Crippen LogP contribution is -2.45. The van der Waals surface area contributed by atoms with Crippen LogP contribution in [0.1, 0.15) is 50.2 Å². The highest BCUT2D eigenvalue weighted by atomic mass is 16.5. The summed E-state index contributed by atoms with van der Waals surface area (Å²) in [4.78, 5) is 24.8. The number of allylic oxidation sites excluding steroid dienone is 2. The van der Waals surface area contributed by atoms with Gasteiger partial charge in [0.15, 0.2) is 11.5 Å². The van der Waals surface area contributed by atoms with Crippen LogP contribution in [0, 0.1) is 17.8 Å². The SMILES string of the molecule is COc1ccc(C2=NN(CCCCOc3ccc(C4=NNC(=O)CC4C)cc3)C(=O)[C@@H]3CC=CC[C@H]23)cc1OC. The largest absolute Gasteiger partial charge is 0.494 e. The molecule has 0 spiro atoms. The first kappa shape index (κ1) is 27.4. The molecule has 0 aromatic heterocycles. The number of unbranched alkanes of at least 4 members (excludes halogenated alkanes) is 1. The van der Waals surface area contributed by atoms with E-state index in [1.807, 2.05) is 49.4 Å². The summed E-state index contributed by atoms with van der Waals surface area (Å²) in [5.41, 5.74) is 6.27. The Balaban J connectivity index is 1.19. The molecule has 1 aliphatic carbocycles. The van der Waals surface area contributed by atoms with Gasteiger partial charge in [0.25, 0.3) is 0 Å². The quantitative estimate of drug-likeness (QED) is 0.349. The van der Waals surface area contributed by atoms with E-state index in [-0.39, 0.29) is 29.6 Å². The number of amides is 2. The normalized spacial score (nSPS) is 22.2. The molecule has 210 valence electrons. The first-order valence-corrected chi connectivity index (χ1v) is 13.9. The van der Waals surface area contributed by atoms with Crippen LogP contribution in [-0.2, 0) is 9.59 Å². The summed E-state index contributed by atoms with van der Waals surface area (Å²) in [6.07, 6.45) is 7.77. The number of benzene rings is 2. The fraction of sp³-hybridized carbons (Fsp3) is 0.419. The fourth-order valence-corrected chi connectivity index (χ4v) is 5.54. The molecule has 2 aromatic carbocycles. The molecular formula is C31H36N4O5. The highest BCUT2D eigenvalue weighted by Gasteiger charge is 2.40. The van der Waals surface area contributed by atoms with Crippen LogP contribution in [0.3, 0.4) is 0 Å². The van der Waals surface area contributed by atoms with Crippen molar-refractivity contribution in [3.63, 3.8) is 0 Å². The van der Waals surface area contributed by atoms with E-state index in [4.69, 9.17) is 19.3 Å². The van der Waals surface area contributed by atoms with Crippen molar-refractivity contribution < 1.29 is 23.8 Å². The molecule has 2 amide bonds. The van der Waals surface area contributed by atoms with E-state index in [2.05, 4.69) is 22.7 Å². The van der Waals surface area contributed by atoms with Gasteiger partial charge >= 0.3 is 0 Å². The standard InChI is InChI=1S/C31H36N4O5/c1-20-18-28(36)32-33-29(20)21-10-13-23(14-11-21)40-17-7-6-16-35-31(37)25-9-5-4-8-24(25)30(34-35)22-12-15-26(38-2)27(19-22)39-3/h4-5,10-15,19-20,24-25H,6-9,16-18H2,1-3H3,(H,32,36)/t20?,24-,25+/m0/s1. The number of rotatable bonds is 10. The van der Waals surface area contributed by atoms with Crippen molar-refractivity contribution in [1.82, 2.24) is 10.4 Å². The Morgan fingerprint density at radius 3 is 2.35 bits per heavy atom. The minimum absolute atomic E-state index is 0.0528. The van der Waals surface area contributed by atoms with Crippen molar-refractivity contribution in [3.8, 4) is 17.2 Å². The molecule has 1 unspecified atom stereocenters. The van der Waals surface area contributed by atoms with Crippen LogP contribution in [0.4, 0.5) is 0 Å². The number of ether oxygens (including phenoxy) is 3. The number of hydrogen-bond donors (Lipinski definition) is 1. The van der Waals surface area contributed by atoms with Crippen LogP contribution >= 0.6 is 0 Å². The van der Waals surface area contributed by atoms with Gasteiger partial charge in [0.05, 0.1) is 38.2 Å². The molecule has 2 heterocycles. The molecule has 0 saturated carbocycles. The number of methoxy groups -OCH3 is 2. The van der Waals surface area contributed by atoms with Gasteiger partial charge in [0.2, 0.25) is 11.8 Å². The van der Waals surface area contributed by atoms with Crippen LogP contribution in [-0.4, -0.2) is 55.6 Å². The zero-order valence-corrected chi connectivity index (χ0v) is 23.3. The molecule has 5 rings (SSSR count). The molecule has 0 radical (unpaired) electrons. The summed E-state index contributed by atoms with van der Waals surface area (Å²) in [6.45, 7) is 3.07. The summed E-state index contributed by atoms with van der Waals surface area (Å²) < 4.78 is 16.9. The number of carbonyl (C=O) groups excluding carboxylic acids is 2. The summed E-state index contributed by atoms with van der Waals surface area (Å²) in [5.74, 6) is 2.14. The lowest BCUT2D eigenvalue weighted by Gasteiger charge is -2.37. The lowest BCUT2D eigenvalue weighted by atomic mass is 9.76. The van der Waals surface area contributed by atoms with E-state index in [0.29, 0.717) is 31.1 Å². The second-order valence-electron chi connectivity index (χ2n) is 10.4. The van der Waals surface area contributed by atoms with E-state index in [1.165, 1.54) is 0 Å². The zero-order chi connectivity index (χ0) is 28.1. The highest BCUT2D eigenvalue weighted by molar-refractivity contribution is 6.07. The van der Waals surface area contributed by atoms with Crippen LogP contribution < -0.4 is 19.6 Å². The molecule has 9 nitrogen and oxygen atoms in total. The van der Waals surface area contributed by atoms with Gasteiger partial charge < -0.3 is 14.2 Å². The minimum Gasteiger partial charge on any atom is -0.494 e. The molecule has 3 aliphatic rings. The summed E-state index contributed by atoms with van der Waals surface area (Å²) in [7, 11) is 3.24. The van der Waals surface area contributed by atoms with Crippen molar-refractivity contribution in [1.29, 1.82) is 0 Å². The van der Waals surface area contributed by atoms with Gasteiger partial charge in [-0.25, -0.2) is 10.4 Å².